The van der Waals surface area contributed by atoms with E-state index < -0.39 is 8.07 Å². The van der Waals surface area contributed by atoms with Crippen molar-refractivity contribution in [3.8, 4) is 11.1 Å². The van der Waals surface area contributed by atoms with Gasteiger partial charge < -0.3 is 4.42 Å². The third-order valence-electron chi connectivity index (χ3n) is 13.4. The summed E-state index contributed by atoms with van der Waals surface area (Å²) in [6.45, 7) is 16.8. The fourth-order valence-electron chi connectivity index (χ4n) is 9.68. The molecule has 3 nitrogen and oxygen atoms in total. The highest BCUT2D eigenvalue weighted by molar-refractivity contribution is 7.99. The first kappa shape index (κ1) is 36.7. The van der Waals surface area contributed by atoms with Crippen molar-refractivity contribution < 1.29 is 4.42 Å². The Morgan fingerprint density at radius 1 is 0.569 bits per heavy atom. The topological polar surface area (TPSA) is 30.4 Å². The van der Waals surface area contributed by atoms with Crippen LogP contribution in [-0.4, -0.2) is 17.5 Å². The molecule has 0 atom stereocenters. The van der Waals surface area contributed by atoms with Crippen molar-refractivity contribution in [2.45, 2.75) is 74.5 Å². The highest BCUT2D eigenvalue weighted by atomic mass is 32.2. The minimum Gasteiger partial charge on any atom is -0.422 e. The molecule has 1 aliphatic heterocycles. The van der Waals surface area contributed by atoms with E-state index in [0.29, 0.717) is 5.84 Å². The highest BCUT2D eigenvalue weighted by Crippen LogP contribution is 2.53. The van der Waals surface area contributed by atoms with Crippen LogP contribution in [0.25, 0.3) is 39.1 Å². The number of aromatic nitrogens is 2. The molecule has 3 heterocycles. The molecule has 286 valence electrons. The van der Waals surface area contributed by atoms with Crippen molar-refractivity contribution in [2.24, 2.45) is 0 Å². The van der Waals surface area contributed by atoms with Crippen LogP contribution in [0.4, 0.5) is 0 Å². The lowest BCUT2D eigenvalue weighted by Crippen LogP contribution is -2.75. The minimum atomic E-state index is -3.02. The summed E-state index contributed by atoms with van der Waals surface area (Å²) < 4.78 is 8.85. The van der Waals surface area contributed by atoms with Gasteiger partial charge in [0.15, 0.2) is 13.7 Å². The fraction of sp³-hybridized carbons (Fsp3) is 0.189. The van der Waals surface area contributed by atoms with Crippen LogP contribution in [0.3, 0.4) is 0 Å². The zero-order valence-electron chi connectivity index (χ0n) is 34.3. The molecule has 2 aromatic heterocycles. The molecule has 9 aromatic rings. The Hall–Kier alpha value is -5.62. The third-order valence-corrected chi connectivity index (χ3v) is 19.6. The molecule has 0 aliphatic carbocycles. The maximum atomic E-state index is 6.69. The second kappa shape index (κ2) is 13.2. The molecule has 0 bridgehead atoms. The fourth-order valence-corrected chi connectivity index (χ4v) is 16.5. The maximum Gasteiger partial charge on any atom is 0.307 e. The van der Waals surface area contributed by atoms with Gasteiger partial charge >= 0.3 is 5.84 Å². The van der Waals surface area contributed by atoms with Crippen LogP contribution in [-0.2, 0) is 16.2 Å². The Kier molecular flexibility index (Phi) is 8.35. The normalized spacial score (nSPS) is 15.0. The molecule has 7 aromatic carbocycles. The van der Waals surface area contributed by atoms with E-state index in [2.05, 4.69) is 205 Å². The summed E-state index contributed by atoms with van der Waals surface area (Å²) in [5.74, 6) is 0.618. The Labute approximate surface area is 346 Å². The molecular formula is C53H48N2OSSi. The summed E-state index contributed by atoms with van der Waals surface area (Å²) in [5.41, 5.74) is 9.80. The molecule has 1 aliphatic rings. The van der Waals surface area contributed by atoms with Gasteiger partial charge in [-0.25, -0.2) is 0 Å². The predicted molar refractivity (Wildman–Crippen MR) is 247 cm³/mol. The van der Waals surface area contributed by atoms with Crippen LogP contribution in [0.5, 0.6) is 0 Å². The number of rotatable bonds is 5. The summed E-state index contributed by atoms with van der Waals surface area (Å²) in [6.07, 6.45) is 0. The second-order valence-electron chi connectivity index (χ2n) is 18.0. The molecule has 5 heteroatoms. The minimum absolute atomic E-state index is 0.105. The Morgan fingerprint density at radius 2 is 1.17 bits per heavy atom. The number of para-hydroxylation sites is 3. The standard InChI is InChI=1S/C53H48N2OSSi/c1-51(2,3)42-34-37(32-33-38(42)39-24-18-29-45-48(39)56-50-54-43-27-15-16-28-44(43)55(45)50)58(35-20-10-8-11-21-35,36-22-12-9-13-23-36)47-31-19-26-41-49(47)57-46-30-17-14-25-40(46)52(4,5)53(41,6)7/h8-34H,1-7H3. The maximum absolute atomic E-state index is 6.69. The van der Waals surface area contributed by atoms with Crippen molar-refractivity contribution in [1.29, 1.82) is 0 Å². The summed E-state index contributed by atoms with van der Waals surface area (Å²) >= 11 is 1.97. The van der Waals surface area contributed by atoms with Gasteiger partial charge in [-0.2, -0.15) is 4.98 Å². The molecular weight excluding hydrogens is 741 g/mol. The number of oxazole rings is 1. The summed E-state index contributed by atoms with van der Waals surface area (Å²) in [4.78, 5) is 7.61. The smallest absolute Gasteiger partial charge is 0.307 e. The largest absolute Gasteiger partial charge is 0.422 e. The van der Waals surface area contributed by atoms with Gasteiger partial charge in [0.25, 0.3) is 0 Å². The van der Waals surface area contributed by atoms with Crippen molar-refractivity contribution in [3.63, 3.8) is 0 Å². The van der Waals surface area contributed by atoms with E-state index in [1.807, 2.05) is 23.9 Å². The predicted octanol–water partition coefficient (Wildman–Crippen LogP) is 11.3. The lowest BCUT2D eigenvalue weighted by Gasteiger charge is -2.43. The van der Waals surface area contributed by atoms with Crippen LogP contribution in [0.2, 0.25) is 0 Å². The van der Waals surface area contributed by atoms with E-state index in [9.17, 15) is 0 Å². The number of hydrogen-bond donors (Lipinski definition) is 0. The summed E-state index contributed by atoms with van der Waals surface area (Å²) in [5, 5.41) is 5.55. The molecule has 0 fully saturated rings. The average molecular weight is 789 g/mol. The van der Waals surface area contributed by atoms with Crippen LogP contribution < -0.4 is 20.7 Å². The number of fused-ring (bicyclic) bond motifs is 7. The molecule has 58 heavy (non-hydrogen) atoms. The van der Waals surface area contributed by atoms with Gasteiger partial charge in [-0.15, -0.1) is 0 Å². The zero-order valence-corrected chi connectivity index (χ0v) is 36.1. The molecule has 0 spiro atoms. The summed E-state index contributed by atoms with van der Waals surface area (Å²) in [6, 6.07) is 61.3. The molecule has 0 saturated heterocycles. The number of hydrogen-bond acceptors (Lipinski definition) is 3. The van der Waals surface area contributed by atoms with E-state index in [1.165, 1.54) is 52.8 Å². The number of nitrogens with zero attached hydrogens (tertiary/aromatic N) is 2. The van der Waals surface area contributed by atoms with Crippen molar-refractivity contribution in [3.05, 3.63) is 180 Å². The third kappa shape index (κ3) is 5.29. The molecule has 0 unspecified atom stereocenters. The Balaban J connectivity index is 1.29. The lowest BCUT2D eigenvalue weighted by molar-refractivity contribution is 0.296. The van der Waals surface area contributed by atoms with E-state index in [1.54, 1.807) is 0 Å². The average Bonchev–Trinajstić information content (AvgIpc) is 3.77. The van der Waals surface area contributed by atoms with Gasteiger partial charge in [0.05, 0.1) is 16.6 Å². The van der Waals surface area contributed by atoms with Gasteiger partial charge in [-0.3, -0.25) is 4.40 Å². The van der Waals surface area contributed by atoms with Crippen molar-refractivity contribution in [2.75, 3.05) is 0 Å². The van der Waals surface area contributed by atoms with Crippen molar-refractivity contribution in [1.82, 2.24) is 9.38 Å². The zero-order chi connectivity index (χ0) is 40.0. The first-order chi connectivity index (χ1) is 27.9. The number of imidazole rings is 1. The van der Waals surface area contributed by atoms with Gasteiger partial charge in [0.2, 0.25) is 0 Å². The Morgan fingerprint density at radius 3 is 1.90 bits per heavy atom. The first-order valence-electron chi connectivity index (χ1n) is 20.4. The molecule has 0 amide bonds. The van der Waals surface area contributed by atoms with Crippen LogP contribution in [0.15, 0.2) is 178 Å². The van der Waals surface area contributed by atoms with Gasteiger partial charge in [0.1, 0.15) is 0 Å². The van der Waals surface area contributed by atoms with E-state index >= 15 is 0 Å². The quantitative estimate of drug-likeness (QED) is 0.129. The van der Waals surface area contributed by atoms with E-state index in [0.717, 1.165) is 27.7 Å². The van der Waals surface area contributed by atoms with Gasteiger partial charge in [-0.1, -0.05) is 200 Å². The monoisotopic (exact) mass is 788 g/mol. The molecule has 0 saturated carbocycles. The molecule has 10 rings (SSSR count). The molecule has 0 N–H and O–H groups in total. The Bertz CT molecular complexity index is 2980. The SMILES string of the molecule is CC(C)(C)c1cc([Si](c2ccccc2)(c2ccccc2)c2cccc3c2Sc2ccccc2C(C)(C)C3(C)C)ccc1-c1cccc2c1oc1nc3ccccc3n12. The van der Waals surface area contributed by atoms with Gasteiger partial charge in [-0.05, 0) is 83.5 Å². The second-order valence-corrected chi connectivity index (χ2v) is 22.8. The van der Waals surface area contributed by atoms with Crippen LogP contribution >= 0.6 is 11.8 Å². The first-order valence-corrected chi connectivity index (χ1v) is 23.2. The lowest BCUT2D eigenvalue weighted by atomic mass is 9.61. The highest BCUT2D eigenvalue weighted by Gasteiger charge is 2.49. The van der Waals surface area contributed by atoms with E-state index in [-0.39, 0.29) is 16.2 Å². The van der Waals surface area contributed by atoms with Crippen molar-refractivity contribution >= 4 is 68.6 Å². The number of benzene rings is 7. The van der Waals surface area contributed by atoms with Crippen LogP contribution in [0, 0.1) is 0 Å². The van der Waals surface area contributed by atoms with E-state index in [4.69, 9.17) is 9.40 Å². The van der Waals surface area contributed by atoms with Gasteiger partial charge in [0, 0.05) is 15.4 Å². The molecule has 0 radical (unpaired) electrons. The summed E-state index contributed by atoms with van der Waals surface area (Å²) in [7, 11) is -3.02. The van der Waals surface area contributed by atoms with Crippen LogP contribution in [0.1, 0.15) is 65.2 Å².